The number of hydrogen-bond donors (Lipinski definition) is 1. The average Bonchev–Trinajstić information content (AvgIpc) is 2.57. The highest BCUT2D eigenvalue weighted by atomic mass is 35.5. The lowest BCUT2D eigenvalue weighted by Crippen LogP contribution is -2.12. The smallest absolute Gasteiger partial charge is 0.153 e. The Bertz CT molecular complexity index is 437. The van der Waals surface area contributed by atoms with Gasteiger partial charge in [0.25, 0.3) is 0 Å². The van der Waals surface area contributed by atoms with Gasteiger partial charge in [0.1, 0.15) is 5.15 Å². The lowest BCUT2D eigenvalue weighted by atomic mass is 10.3. The van der Waals surface area contributed by atoms with E-state index < -0.39 is 0 Å². The van der Waals surface area contributed by atoms with E-state index in [0.29, 0.717) is 5.15 Å². The molecule has 14 heavy (non-hydrogen) atoms. The van der Waals surface area contributed by atoms with E-state index in [0.717, 1.165) is 24.3 Å². The van der Waals surface area contributed by atoms with Crippen molar-refractivity contribution in [2.45, 2.75) is 6.42 Å². The molecule has 2 rings (SSSR count). The maximum Gasteiger partial charge on any atom is 0.153 e. The quantitative estimate of drug-likeness (QED) is 0.827. The van der Waals surface area contributed by atoms with Gasteiger partial charge in [0.2, 0.25) is 0 Å². The van der Waals surface area contributed by atoms with Crippen LogP contribution in [0.4, 0.5) is 0 Å². The monoisotopic (exact) mass is 210 g/mol. The summed E-state index contributed by atoms with van der Waals surface area (Å²) < 4.78 is 1.78. The topological polar surface area (TPSA) is 42.2 Å². The van der Waals surface area contributed by atoms with Crippen molar-refractivity contribution in [3.8, 4) is 0 Å². The van der Waals surface area contributed by atoms with E-state index in [-0.39, 0.29) is 0 Å². The molecule has 0 radical (unpaired) electrons. The SMILES string of the molecule is CNCCc1cnc2ccc(Cl)nn12. The second-order valence-electron chi connectivity index (χ2n) is 3.03. The van der Waals surface area contributed by atoms with E-state index in [1.54, 1.807) is 10.6 Å². The lowest BCUT2D eigenvalue weighted by Gasteiger charge is -1.99. The summed E-state index contributed by atoms with van der Waals surface area (Å²) in [6.07, 6.45) is 2.72. The molecule has 5 heteroatoms. The van der Waals surface area contributed by atoms with E-state index in [2.05, 4.69) is 15.4 Å². The minimum atomic E-state index is 0.487. The Kier molecular flexibility index (Phi) is 2.65. The maximum absolute atomic E-state index is 5.81. The first-order valence-electron chi connectivity index (χ1n) is 4.45. The summed E-state index contributed by atoms with van der Waals surface area (Å²) in [5, 5.41) is 7.75. The molecule has 0 atom stereocenters. The molecule has 0 spiro atoms. The summed E-state index contributed by atoms with van der Waals surface area (Å²) in [7, 11) is 1.92. The van der Waals surface area contributed by atoms with Gasteiger partial charge < -0.3 is 5.32 Å². The van der Waals surface area contributed by atoms with Crippen LogP contribution in [0.2, 0.25) is 5.15 Å². The van der Waals surface area contributed by atoms with Crippen molar-refractivity contribution in [3.05, 3.63) is 29.2 Å². The van der Waals surface area contributed by atoms with E-state index in [1.165, 1.54) is 0 Å². The molecular formula is C9H11ClN4. The number of nitrogens with one attached hydrogen (secondary N) is 1. The molecule has 0 saturated heterocycles. The van der Waals surface area contributed by atoms with Crippen molar-refractivity contribution in [2.24, 2.45) is 0 Å². The zero-order valence-electron chi connectivity index (χ0n) is 7.87. The highest BCUT2D eigenvalue weighted by Crippen LogP contribution is 2.09. The molecule has 0 aliphatic rings. The van der Waals surface area contributed by atoms with Crippen LogP contribution in [-0.2, 0) is 6.42 Å². The first-order chi connectivity index (χ1) is 6.81. The van der Waals surface area contributed by atoms with E-state index in [9.17, 15) is 0 Å². The first kappa shape index (κ1) is 9.43. The van der Waals surface area contributed by atoms with Gasteiger partial charge in [0, 0.05) is 13.0 Å². The number of fused-ring (bicyclic) bond motifs is 1. The molecule has 74 valence electrons. The Labute approximate surface area is 86.9 Å². The van der Waals surface area contributed by atoms with Crippen molar-refractivity contribution in [1.29, 1.82) is 0 Å². The molecule has 1 N–H and O–H groups in total. The number of likely N-dealkylation sites (N-methyl/N-ethyl adjacent to an activating group) is 1. The highest BCUT2D eigenvalue weighted by Gasteiger charge is 2.03. The summed E-state index contributed by atoms with van der Waals surface area (Å²) in [6.45, 7) is 0.905. The molecule has 2 aromatic heterocycles. The lowest BCUT2D eigenvalue weighted by molar-refractivity contribution is 0.748. The summed E-state index contributed by atoms with van der Waals surface area (Å²) in [5.74, 6) is 0. The van der Waals surface area contributed by atoms with Gasteiger partial charge in [0.05, 0.1) is 11.9 Å². The predicted molar refractivity (Wildman–Crippen MR) is 55.6 cm³/mol. The Balaban J connectivity index is 2.40. The van der Waals surface area contributed by atoms with Crippen LogP contribution in [0.25, 0.3) is 5.65 Å². The molecule has 0 saturated carbocycles. The molecule has 4 nitrogen and oxygen atoms in total. The molecule has 0 aliphatic carbocycles. The van der Waals surface area contributed by atoms with Gasteiger partial charge in [-0.15, -0.1) is 0 Å². The molecule has 0 amide bonds. The fourth-order valence-corrected chi connectivity index (χ4v) is 1.46. The van der Waals surface area contributed by atoms with Gasteiger partial charge in [0.15, 0.2) is 5.65 Å². The van der Waals surface area contributed by atoms with Crippen molar-refractivity contribution in [2.75, 3.05) is 13.6 Å². The van der Waals surface area contributed by atoms with Crippen LogP contribution < -0.4 is 5.32 Å². The third-order valence-electron chi connectivity index (χ3n) is 2.03. The zero-order chi connectivity index (χ0) is 9.97. The summed E-state index contributed by atoms with van der Waals surface area (Å²) in [4.78, 5) is 4.23. The number of hydrogen-bond acceptors (Lipinski definition) is 3. The van der Waals surface area contributed by atoms with Crippen molar-refractivity contribution >= 4 is 17.2 Å². The summed E-state index contributed by atoms with van der Waals surface area (Å²) in [5.41, 5.74) is 1.90. The normalized spacial score (nSPS) is 11.0. The Morgan fingerprint density at radius 2 is 2.36 bits per heavy atom. The largest absolute Gasteiger partial charge is 0.319 e. The Hall–Kier alpha value is -1.13. The summed E-state index contributed by atoms with van der Waals surface area (Å²) in [6, 6.07) is 3.60. The van der Waals surface area contributed by atoms with Crippen LogP contribution in [0.1, 0.15) is 5.69 Å². The number of halogens is 1. The zero-order valence-corrected chi connectivity index (χ0v) is 8.62. The molecular weight excluding hydrogens is 200 g/mol. The predicted octanol–water partition coefficient (Wildman–Crippen LogP) is 1.14. The third-order valence-corrected chi connectivity index (χ3v) is 2.23. The van der Waals surface area contributed by atoms with Gasteiger partial charge >= 0.3 is 0 Å². The van der Waals surface area contributed by atoms with Crippen LogP contribution in [0, 0.1) is 0 Å². The third kappa shape index (κ3) is 1.71. The standard InChI is InChI=1S/C9H11ClN4/c1-11-5-4-7-6-12-9-3-2-8(10)13-14(7)9/h2-3,6,11H,4-5H2,1H3. The van der Waals surface area contributed by atoms with Crippen LogP contribution in [0.3, 0.4) is 0 Å². The highest BCUT2D eigenvalue weighted by molar-refractivity contribution is 6.29. The van der Waals surface area contributed by atoms with Crippen LogP contribution in [0.5, 0.6) is 0 Å². The molecule has 2 heterocycles. The fraction of sp³-hybridized carbons (Fsp3) is 0.333. The van der Waals surface area contributed by atoms with Crippen molar-refractivity contribution < 1.29 is 0 Å². The first-order valence-corrected chi connectivity index (χ1v) is 4.83. The van der Waals surface area contributed by atoms with Crippen LogP contribution in [-0.4, -0.2) is 28.2 Å². The molecule has 0 aromatic carbocycles. The fourth-order valence-electron chi connectivity index (χ4n) is 1.32. The molecule has 2 aromatic rings. The number of nitrogens with zero attached hydrogens (tertiary/aromatic N) is 3. The van der Waals surface area contributed by atoms with Crippen molar-refractivity contribution in [3.63, 3.8) is 0 Å². The number of rotatable bonds is 3. The second kappa shape index (κ2) is 3.94. The van der Waals surface area contributed by atoms with E-state index in [4.69, 9.17) is 11.6 Å². The molecule has 0 unspecified atom stereocenters. The minimum Gasteiger partial charge on any atom is -0.319 e. The van der Waals surface area contributed by atoms with Gasteiger partial charge in [-0.2, -0.15) is 5.10 Å². The maximum atomic E-state index is 5.81. The Morgan fingerprint density at radius 3 is 3.14 bits per heavy atom. The summed E-state index contributed by atoms with van der Waals surface area (Å²) >= 11 is 5.81. The Morgan fingerprint density at radius 1 is 1.50 bits per heavy atom. The van der Waals surface area contributed by atoms with Gasteiger partial charge in [-0.25, -0.2) is 9.50 Å². The molecule has 0 fully saturated rings. The number of imidazole rings is 1. The van der Waals surface area contributed by atoms with Crippen LogP contribution >= 0.6 is 11.6 Å². The average molecular weight is 211 g/mol. The number of aromatic nitrogens is 3. The molecule has 0 aliphatic heterocycles. The minimum absolute atomic E-state index is 0.487. The van der Waals surface area contributed by atoms with E-state index in [1.807, 2.05) is 19.3 Å². The van der Waals surface area contributed by atoms with Crippen LogP contribution in [0.15, 0.2) is 18.3 Å². The van der Waals surface area contributed by atoms with Gasteiger partial charge in [-0.05, 0) is 19.2 Å². The molecule has 0 bridgehead atoms. The van der Waals surface area contributed by atoms with Gasteiger partial charge in [-0.1, -0.05) is 11.6 Å². The van der Waals surface area contributed by atoms with E-state index >= 15 is 0 Å². The van der Waals surface area contributed by atoms with Crippen molar-refractivity contribution in [1.82, 2.24) is 19.9 Å². The van der Waals surface area contributed by atoms with Gasteiger partial charge in [-0.3, -0.25) is 0 Å². The second-order valence-corrected chi connectivity index (χ2v) is 3.42.